The maximum Gasteiger partial charge on any atom is 0.168 e. The van der Waals surface area contributed by atoms with E-state index in [2.05, 4.69) is 44.9 Å². The normalized spacial score (nSPS) is 10.3. The van der Waals surface area contributed by atoms with Crippen molar-refractivity contribution in [1.82, 2.24) is 5.32 Å². The first-order valence-electron chi connectivity index (χ1n) is 12.3. The molecule has 198 valence electrons. The first-order valence-corrected chi connectivity index (χ1v) is 12.3. The number of hydrogen-bond donors (Lipinski definition) is 1. The quantitative estimate of drug-likeness (QED) is 0.144. The highest BCUT2D eigenvalue weighted by Gasteiger charge is 2.13. The van der Waals surface area contributed by atoms with Crippen LogP contribution in [0.25, 0.3) is 5.57 Å². The molecule has 1 rings (SSSR count). The highest BCUT2D eigenvalue weighted by molar-refractivity contribution is 5.78. The summed E-state index contributed by atoms with van der Waals surface area (Å²) in [6.07, 6.45) is 5.06. The number of aliphatic imine (C=N–C) groups is 2. The van der Waals surface area contributed by atoms with Crippen molar-refractivity contribution in [2.24, 2.45) is 9.98 Å². The number of methoxy groups -OCH3 is 2. The number of rotatable bonds is 12. The van der Waals surface area contributed by atoms with Gasteiger partial charge in [0, 0.05) is 45.0 Å². The zero-order chi connectivity index (χ0) is 27.0. The average molecular weight is 482 g/mol. The molecule has 0 spiro atoms. The summed E-state index contributed by atoms with van der Waals surface area (Å²) in [5.74, 6) is 0. The Bertz CT molecular complexity index is 597. The Hall–Kier alpha value is -2.31. The Labute approximate surface area is 210 Å². The van der Waals surface area contributed by atoms with Crippen molar-refractivity contribution in [3.05, 3.63) is 49.1 Å². The summed E-state index contributed by atoms with van der Waals surface area (Å²) in [4.78, 5) is 8.14. The van der Waals surface area contributed by atoms with Gasteiger partial charge in [0.05, 0.1) is 12.8 Å². The van der Waals surface area contributed by atoms with Gasteiger partial charge < -0.3 is 14.8 Å². The Balaban J connectivity index is -0.000000265. The summed E-state index contributed by atoms with van der Waals surface area (Å²) in [6.45, 7) is 24.7. The molecule has 1 N–H and O–H groups in total. The molecule has 0 aliphatic heterocycles. The van der Waals surface area contributed by atoms with Crippen molar-refractivity contribution in [3.63, 3.8) is 0 Å². The van der Waals surface area contributed by atoms with Gasteiger partial charge in [0.1, 0.15) is 6.17 Å². The van der Waals surface area contributed by atoms with Crippen LogP contribution in [0.4, 0.5) is 10.1 Å². The lowest BCUT2D eigenvalue weighted by molar-refractivity contribution is 0.215. The minimum atomic E-state index is -1.11. The molecule has 1 unspecified atom stereocenters. The monoisotopic (exact) mass is 481 g/mol. The maximum absolute atomic E-state index is 13.9. The van der Waals surface area contributed by atoms with Gasteiger partial charge in [-0.2, -0.15) is 0 Å². The second kappa shape index (κ2) is 35.3. The third-order valence-electron chi connectivity index (χ3n) is 3.55. The van der Waals surface area contributed by atoms with Crippen LogP contribution in [0.5, 0.6) is 0 Å². The van der Waals surface area contributed by atoms with Crippen molar-refractivity contribution in [1.29, 1.82) is 0 Å². The Morgan fingerprint density at radius 3 is 2.15 bits per heavy atom. The van der Waals surface area contributed by atoms with E-state index in [4.69, 9.17) is 0 Å². The van der Waals surface area contributed by atoms with E-state index in [0.29, 0.717) is 12.1 Å². The number of ether oxygens (including phenoxy) is 2. The Morgan fingerprint density at radius 2 is 1.71 bits per heavy atom. The van der Waals surface area contributed by atoms with Crippen LogP contribution in [-0.4, -0.2) is 59.2 Å². The van der Waals surface area contributed by atoms with Crippen molar-refractivity contribution < 1.29 is 13.9 Å². The van der Waals surface area contributed by atoms with Gasteiger partial charge in [0.25, 0.3) is 0 Å². The third-order valence-corrected chi connectivity index (χ3v) is 3.55. The summed E-state index contributed by atoms with van der Waals surface area (Å²) < 4.78 is 22.9. The molecule has 0 saturated carbocycles. The minimum absolute atomic E-state index is 0.273. The highest BCUT2D eigenvalue weighted by atomic mass is 19.1. The molecular formula is C28H52FN3O2. The summed E-state index contributed by atoms with van der Waals surface area (Å²) in [5.41, 5.74) is 1.97. The van der Waals surface area contributed by atoms with E-state index >= 15 is 0 Å². The molecule has 0 aromatic heterocycles. The van der Waals surface area contributed by atoms with Crippen molar-refractivity contribution >= 4 is 23.9 Å². The summed E-state index contributed by atoms with van der Waals surface area (Å²) in [7, 11) is 3.26. The second-order valence-corrected chi connectivity index (χ2v) is 5.97. The van der Waals surface area contributed by atoms with Gasteiger partial charge >= 0.3 is 0 Å². The maximum atomic E-state index is 13.9. The van der Waals surface area contributed by atoms with Gasteiger partial charge in [-0.15, -0.1) is 6.58 Å². The average Bonchev–Trinajstić information content (AvgIpc) is 2.90. The summed E-state index contributed by atoms with van der Waals surface area (Å²) >= 11 is 0. The van der Waals surface area contributed by atoms with Crippen molar-refractivity contribution in [3.8, 4) is 0 Å². The van der Waals surface area contributed by atoms with Crippen molar-refractivity contribution in [2.45, 2.75) is 67.5 Å². The lowest BCUT2D eigenvalue weighted by Gasteiger charge is -2.12. The minimum Gasteiger partial charge on any atom is -0.487 e. The molecule has 5 nitrogen and oxygen atoms in total. The van der Waals surface area contributed by atoms with Gasteiger partial charge in [0.15, 0.2) is 6.40 Å². The Morgan fingerprint density at radius 1 is 1.12 bits per heavy atom. The smallest absolute Gasteiger partial charge is 0.168 e. The van der Waals surface area contributed by atoms with Crippen LogP contribution < -0.4 is 5.32 Å². The lowest BCUT2D eigenvalue weighted by atomic mass is 9.99. The van der Waals surface area contributed by atoms with E-state index in [1.165, 1.54) is 6.40 Å². The van der Waals surface area contributed by atoms with E-state index in [1.54, 1.807) is 20.3 Å². The number of benzene rings is 1. The molecule has 0 saturated heterocycles. The van der Waals surface area contributed by atoms with Gasteiger partial charge in [-0.1, -0.05) is 65.5 Å². The second-order valence-electron chi connectivity index (χ2n) is 5.97. The fourth-order valence-corrected chi connectivity index (χ4v) is 1.95. The number of hydrogen-bond acceptors (Lipinski definition) is 5. The van der Waals surface area contributed by atoms with Crippen LogP contribution >= 0.6 is 0 Å². The topological polar surface area (TPSA) is 55.2 Å². The molecule has 0 fully saturated rings. The molecule has 6 heteroatoms. The van der Waals surface area contributed by atoms with Crippen LogP contribution in [0.15, 0.2) is 53.5 Å². The fraction of sp³-hybridized carbons (Fsp3) is 0.571. The van der Waals surface area contributed by atoms with Gasteiger partial charge in [-0.3, -0.25) is 9.98 Å². The standard InChI is InChI=1S/C17H23FN2.C4H9NO.C3H8O.2C2H6/c1-4-8-16(18)14(3)15-9-6-7-10-17(15)20-13-12-19-11-5-2;1-3-5-4-6-2;1-3-4-2;2*1-2/h4,6-7,9-10,13,16,19H,1,3,5,8,11-12H2,2H3;4H,3H2,1-2H3;3H2,1-2H3;2*1-2H3. The van der Waals surface area contributed by atoms with Crippen LogP contribution in [0, 0.1) is 0 Å². The predicted octanol–water partition coefficient (Wildman–Crippen LogP) is 7.70. The molecule has 1 aromatic carbocycles. The van der Waals surface area contributed by atoms with Crippen LogP contribution in [0.2, 0.25) is 0 Å². The summed E-state index contributed by atoms with van der Waals surface area (Å²) in [5, 5.41) is 3.24. The fourth-order valence-electron chi connectivity index (χ4n) is 1.95. The highest BCUT2D eigenvalue weighted by Crippen LogP contribution is 2.29. The van der Waals surface area contributed by atoms with E-state index in [0.717, 1.165) is 37.4 Å². The number of alkyl halides is 1. The first-order chi connectivity index (χ1) is 16.5. The number of allylic oxidation sites excluding steroid dienone is 2. The van der Waals surface area contributed by atoms with E-state index in [-0.39, 0.29) is 6.42 Å². The zero-order valence-corrected chi connectivity index (χ0v) is 23.4. The van der Waals surface area contributed by atoms with Crippen molar-refractivity contribution in [2.75, 3.05) is 40.5 Å². The molecule has 1 aromatic rings. The Kier molecular flexibility index (Phi) is 40.4. The predicted molar refractivity (Wildman–Crippen MR) is 153 cm³/mol. The molecule has 0 aliphatic rings. The zero-order valence-electron chi connectivity index (χ0n) is 23.4. The SMILES string of the molecule is C=CCC(F)C(=C)c1ccccc1N=CCNCCC.CC.CC.CCN=COC.CCOC. The molecule has 1 atom stereocenters. The first kappa shape index (κ1) is 38.9. The third kappa shape index (κ3) is 25.9. The van der Waals surface area contributed by atoms with Crippen LogP contribution in [0.1, 0.15) is 66.9 Å². The number of nitrogens with one attached hydrogen (secondary N) is 1. The molecular weight excluding hydrogens is 429 g/mol. The largest absolute Gasteiger partial charge is 0.487 e. The van der Waals surface area contributed by atoms with Gasteiger partial charge in [-0.25, -0.2) is 4.39 Å². The molecule has 0 bridgehead atoms. The lowest BCUT2D eigenvalue weighted by Crippen LogP contribution is -2.16. The molecule has 0 amide bonds. The number of nitrogens with zero attached hydrogens (tertiary/aromatic N) is 2. The molecule has 0 radical (unpaired) electrons. The van der Waals surface area contributed by atoms with E-state index < -0.39 is 6.17 Å². The van der Waals surface area contributed by atoms with Crippen LogP contribution in [-0.2, 0) is 9.47 Å². The van der Waals surface area contributed by atoms with Gasteiger partial charge in [-0.05, 0) is 38.5 Å². The van der Waals surface area contributed by atoms with Gasteiger partial charge in [0.2, 0.25) is 0 Å². The van der Waals surface area contributed by atoms with E-state index in [1.807, 2.05) is 72.0 Å². The number of halogens is 1. The molecule has 34 heavy (non-hydrogen) atoms. The summed E-state index contributed by atoms with van der Waals surface area (Å²) in [6, 6.07) is 7.49. The number of para-hydroxylation sites is 1. The van der Waals surface area contributed by atoms with E-state index in [9.17, 15) is 4.39 Å². The molecule has 0 aliphatic carbocycles. The van der Waals surface area contributed by atoms with Crippen LogP contribution in [0.3, 0.4) is 0 Å². The molecule has 0 heterocycles.